The van der Waals surface area contributed by atoms with Gasteiger partial charge in [-0.25, -0.2) is 9.97 Å². The molecule has 0 fully saturated rings. The summed E-state index contributed by atoms with van der Waals surface area (Å²) in [6, 6.07) is 7.67. The summed E-state index contributed by atoms with van der Waals surface area (Å²) in [4.78, 5) is 8.45. The van der Waals surface area contributed by atoms with E-state index in [4.69, 9.17) is 0 Å². The molecule has 1 aromatic carbocycles. The maximum Gasteiger partial charge on any atom is 0.243 e. The molecule has 0 atom stereocenters. The SMILES string of the molecule is c1ccc2nc(NCCCc3ncn[nH]3)nnc2c1. The molecular formula is C12H13N7. The number of H-pyrrole nitrogens is 1. The van der Waals surface area contributed by atoms with Crippen LogP contribution in [-0.4, -0.2) is 36.9 Å². The summed E-state index contributed by atoms with van der Waals surface area (Å²) in [6.45, 7) is 0.765. The maximum absolute atomic E-state index is 4.39. The zero-order chi connectivity index (χ0) is 12.9. The average molecular weight is 255 g/mol. The van der Waals surface area contributed by atoms with Gasteiger partial charge in [-0.3, -0.25) is 5.10 Å². The fraction of sp³-hybridized carbons (Fsp3) is 0.250. The highest BCUT2D eigenvalue weighted by Crippen LogP contribution is 2.08. The van der Waals surface area contributed by atoms with Crippen LogP contribution in [0.15, 0.2) is 30.6 Å². The highest BCUT2D eigenvalue weighted by molar-refractivity contribution is 5.73. The second-order valence-corrected chi connectivity index (χ2v) is 4.09. The molecular weight excluding hydrogens is 242 g/mol. The maximum atomic E-state index is 4.39. The Hall–Kier alpha value is -2.57. The van der Waals surface area contributed by atoms with Gasteiger partial charge in [0, 0.05) is 13.0 Å². The van der Waals surface area contributed by atoms with Gasteiger partial charge in [-0.1, -0.05) is 12.1 Å². The van der Waals surface area contributed by atoms with Gasteiger partial charge in [-0.2, -0.15) is 5.10 Å². The van der Waals surface area contributed by atoms with Crippen LogP contribution in [0.3, 0.4) is 0 Å². The number of anilines is 1. The van der Waals surface area contributed by atoms with Crippen molar-refractivity contribution in [3.63, 3.8) is 0 Å². The van der Waals surface area contributed by atoms with E-state index in [1.807, 2.05) is 24.3 Å². The van der Waals surface area contributed by atoms with Gasteiger partial charge in [0.2, 0.25) is 5.95 Å². The van der Waals surface area contributed by atoms with E-state index >= 15 is 0 Å². The molecule has 0 spiro atoms. The smallest absolute Gasteiger partial charge is 0.243 e. The van der Waals surface area contributed by atoms with Crippen LogP contribution in [0.4, 0.5) is 5.95 Å². The van der Waals surface area contributed by atoms with Crippen LogP contribution in [0.5, 0.6) is 0 Å². The van der Waals surface area contributed by atoms with E-state index in [0.29, 0.717) is 5.95 Å². The Kier molecular flexibility index (Phi) is 3.26. The van der Waals surface area contributed by atoms with Gasteiger partial charge in [0.15, 0.2) is 0 Å². The Bertz CT molecular complexity index is 650. The van der Waals surface area contributed by atoms with Crippen LogP contribution >= 0.6 is 0 Å². The minimum Gasteiger partial charge on any atom is -0.353 e. The largest absolute Gasteiger partial charge is 0.353 e. The van der Waals surface area contributed by atoms with E-state index in [1.165, 1.54) is 6.33 Å². The van der Waals surface area contributed by atoms with Crippen molar-refractivity contribution in [2.45, 2.75) is 12.8 Å². The monoisotopic (exact) mass is 255 g/mol. The molecule has 0 aliphatic rings. The lowest BCUT2D eigenvalue weighted by molar-refractivity contribution is 0.798. The van der Waals surface area contributed by atoms with Crippen molar-refractivity contribution in [2.75, 3.05) is 11.9 Å². The number of aromatic nitrogens is 6. The van der Waals surface area contributed by atoms with Crippen LogP contribution in [0.25, 0.3) is 11.0 Å². The van der Waals surface area contributed by atoms with Crippen molar-refractivity contribution in [1.29, 1.82) is 0 Å². The number of aryl methyl sites for hydroxylation is 1. The average Bonchev–Trinajstić information content (AvgIpc) is 2.97. The topological polar surface area (TPSA) is 92.3 Å². The Balaban J connectivity index is 1.56. The summed E-state index contributed by atoms with van der Waals surface area (Å²) in [5.74, 6) is 1.44. The number of hydrogen-bond donors (Lipinski definition) is 2. The predicted octanol–water partition coefficient (Wildman–Crippen LogP) is 1.19. The fourth-order valence-electron chi connectivity index (χ4n) is 1.76. The first kappa shape index (κ1) is 11.5. The van der Waals surface area contributed by atoms with Crippen LogP contribution < -0.4 is 5.32 Å². The molecule has 0 amide bonds. The molecule has 0 aliphatic carbocycles. The summed E-state index contributed by atoms with van der Waals surface area (Å²) in [5.41, 5.74) is 1.64. The highest BCUT2D eigenvalue weighted by atomic mass is 15.2. The first-order chi connectivity index (χ1) is 9.42. The minimum atomic E-state index is 0.552. The number of benzene rings is 1. The Morgan fingerprint density at radius 3 is 2.84 bits per heavy atom. The molecule has 0 bridgehead atoms. The molecule has 2 N–H and O–H groups in total. The van der Waals surface area contributed by atoms with Crippen molar-refractivity contribution in [1.82, 2.24) is 30.4 Å². The van der Waals surface area contributed by atoms with E-state index in [-0.39, 0.29) is 0 Å². The Morgan fingerprint density at radius 1 is 1.11 bits per heavy atom. The molecule has 19 heavy (non-hydrogen) atoms. The van der Waals surface area contributed by atoms with Gasteiger partial charge >= 0.3 is 0 Å². The number of rotatable bonds is 5. The van der Waals surface area contributed by atoms with Crippen molar-refractivity contribution in [3.8, 4) is 0 Å². The van der Waals surface area contributed by atoms with E-state index in [1.54, 1.807) is 0 Å². The van der Waals surface area contributed by atoms with Gasteiger partial charge in [0.1, 0.15) is 17.7 Å². The first-order valence-electron chi connectivity index (χ1n) is 6.09. The molecule has 0 saturated carbocycles. The van der Waals surface area contributed by atoms with Gasteiger partial charge in [-0.15, -0.1) is 10.2 Å². The van der Waals surface area contributed by atoms with Crippen molar-refractivity contribution < 1.29 is 0 Å². The number of nitrogens with zero attached hydrogens (tertiary/aromatic N) is 5. The number of nitrogens with one attached hydrogen (secondary N) is 2. The lowest BCUT2D eigenvalue weighted by atomic mass is 10.3. The fourth-order valence-corrected chi connectivity index (χ4v) is 1.76. The number of para-hydroxylation sites is 1. The van der Waals surface area contributed by atoms with E-state index in [9.17, 15) is 0 Å². The summed E-state index contributed by atoms with van der Waals surface area (Å²) in [6.07, 6.45) is 3.28. The van der Waals surface area contributed by atoms with Crippen LogP contribution in [-0.2, 0) is 6.42 Å². The third-order valence-electron chi connectivity index (χ3n) is 2.70. The molecule has 3 rings (SSSR count). The van der Waals surface area contributed by atoms with Crippen LogP contribution in [0.1, 0.15) is 12.2 Å². The standard InChI is InChI=1S/C12H13N7/c1-2-5-10-9(4-1)16-12(19-17-10)13-7-3-6-11-14-8-15-18-11/h1-2,4-5,8H,3,6-7H2,(H,13,16,19)(H,14,15,18). The molecule has 7 nitrogen and oxygen atoms in total. The summed E-state index contributed by atoms with van der Waals surface area (Å²) in [5, 5.41) is 17.9. The summed E-state index contributed by atoms with van der Waals surface area (Å²) < 4.78 is 0. The van der Waals surface area contributed by atoms with Crippen molar-refractivity contribution in [3.05, 3.63) is 36.4 Å². The summed E-state index contributed by atoms with van der Waals surface area (Å²) in [7, 11) is 0. The van der Waals surface area contributed by atoms with E-state index < -0.39 is 0 Å². The van der Waals surface area contributed by atoms with Gasteiger partial charge < -0.3 is 5.32 Å². The summed E-state index contributed by atoms with van der Waals surface area (Å²) >= 11 is 0. The Morgan fingerprint density at radius 2 is 2.00 bits per heavy atom. The molecule has 3 aromatic rings. The number of hydrogen-bond acceptors (Lipinski definition) is 6. The first-order valence-corrected chi connectivity index (χ1v) is 6.09. The van der Waals surface area contributed by atoms with Gasteiger partial charge in [0.25, 0.3) is 0 Å². The predicted molar refractivity (Wildman–Crippen MR) is 70.5 cm³/mol. The third-order valence-corrected chi connectivity index (χ3v) is 2.70. The molecule has 7 heteroatoms. The second kappa shape index (κ2) is 5.38. The quantitative estimate of drug-likeness (QED) is 0.665. The zero-order valence-corrected chi connectivity index (χ0v) is 10.2. The lowest BCUT2D eigenvalue weighted by Crippen LogP contribution is -2.07. The van der Waals surface area contributed by atoms with Crippen molar-refractivity contribution >= 4 is 17.0 Å². The van der Waals surface area contributed by atoms with E-state index in [0.717, 1.165) is 36.2 Å². The second-order valence-electron chi connectivity index (χ2n) is 4.09. The van der Waals surface area contributed by atoms with Crippen molar-refractivity contribution in [2.24, 2.45) is 0 Å². The lowest BCUT2D eigenvalue weighted by Gasteiger charge is -2.03. The molecule has 0 radical (unpaired) electrons. The molecule has 0 saturated heterocycles. The molecule has 0 unspecified atom stereocenters. The normalized spacial score (nSPS) is 10.7. The molecule has 96 valence electrons. The Labute approximate surface area is 109 Å². The van der Waals surface area contributed by atoms with Crippen LogP contribution in [0, 0.1) is 0 Å². The number of aromatic amines is 1. The zero-order valence-electron chi connectivity index (χ0n) is 10.2. The van der Waals surface area contributed by atoms with E-state index in [2.05, 4.69) is 35.7 Å². The molecule has 0 aliphatic heterocycles. The third kappa shape index (κ3) is 2.82. The van der Waals surface area contributed by atoms with Crippen LogP contribution in [0.2, 0.25) is 0 Å². The van der Waals surface area contributed by atoms with Gasteiger partial charge in [0.05, 0.1) is 5.52 Å². The highest BCUT2D eigenvalue weighted by Gasteiger charge is 2.00. The minimum absolute atomic E-state index is 0.552. The van der Waals surface area contributed by atoms with Gasteiger partial charge in [-0.05, 0) is 18.6 Å². The number of fused-ring (bicyclic) bond motifs is 1. The molecule has 2 heterocycles. The molecule has 2 aromatic heterocycles.